The van der Waals surface area contributed by atoms with Gasteiger partial charge in [-0.3, -0.25) is 0 Å². The van der Waals surface area contributed by atoms with Crippen molar-refractivity contribution in [3.8, 4) is 0 Å². The summed E-state index contributed by atoms with van der Waals surface area (Å²) in [7, 11) is 4.56. The summed E-state index contributed by atoms with van der Waals surface area (Å²) >= 11 is 0. The van der Waals surface area contributed by atoms with Crippen LogP contribution >= 0.6 is 0 Å². The second kappa shape index (κ2) is 7.21. The first-order valence-electron chi connectivity index (χ1n) is 3.54. The lowest BCUT2D eigenvalue weighted by molar-refractivity contribution is -0.340. The molecule has 74 valence electrons. The summed E-state index contributed by atoms with van der Waals surface area (Å²) in [5.74, 6) is -0.708. The third-order valence-corrected chi connectivity index (χ3v) is 1.11. The van der Waals surface area contributed by atoms with E-state index in [1.165, 1.54) is 35.2 Å². The van der Waals surface area contributed by atoms with Gasteiger partial charge >= 0.3 is 0 Å². The lowest BCUT2D eigenvalue weighted by Gasteiger charge is -2.23. The van der Waals surface area contributed by atoms with Gasteiger partial charge in [-0.25, -0.2) is 0 Å². The van der Waals surface area contributed by atoms with E-state index in [4.69, 9.17) is 14.2 Å². The molecule has 0 saturated carbocycles. The van der Waals surface area contributed by atoms with Gasteiger partial charge in [-0.1, -0.05) is 0 Å². The maximum Gasteiger partial charge on any atom is 0.279 e. The molecule has 0 aromatic heterocycles. The lowest BCUT2D eigenvalue weighted by Crippen LogP contribution is -2.31. The van der Waals surface area contributed by atoms with Crippen LogP contribution in [0.4, 0.5) is 0 Å². The van der Waals surface area contributed by atoms with Gasteiger partial charge in [-0.05, 0) is 13.8 Å². The van der Waals surface area contributed by atoms with Gasteiger partial charge in [0.25, 0.3) is 5.97 Å². The average molecular weight is 178 g/mol. The number of hydrogen-bond donors (Lipinski definition) is 0. The monoisotopic (exact) mass is 178 g/mol. The molecule has 0 radical (unpaired) electrons. The van der Waals surface area contributed by atoms with Crippen molar-refractivity contribution in [1.29, 1.82) is 0 Å². The number of methoxy groups -OCH3 is 3. The van der Waals surface area contributed by atoms with Crippen molar-refractivity contribution in [2.75, 3.05) is 21.3 Å². The Balaban J connectivity index is 0. The highest BCUT2D eigenvalue weighted by Gasteiger charge is 2.20. The van der Waals surface area contributed by atoms with Crippen LogP contribution in [-0.2, 0) is 19.0 Å². The molecule has 0 spiro atoms. The topological polar surface area (TPSA) is 44.8 Å². The molecule has 0 unspecified atom stereocenters. The van der Waals surface area contributed by atoms with E-state index in [1.54, 1.807) is 6.92 Å². The largest absolute Gasteiger partial charge is 0.331 e. The zero-order chi connectivity index (χ0) is 10.2. The molecule has 0 bridgehead atoms. The molecule has 0 rings (SSSR count). The Labute approximate surface area is 73.8 Å². The van der Waals surface area contributed by atoms with Crippen molar-refractivity contribution >= 4 is 5.78 Å². The second-order valence-corrected chi connectivity index (χ2v) is 2.38. The summed E-state index contributed by atoms with van der Waals surface area (Å²) in [6.45, 7) is 4.74. The minimum atomic E-state index is -0.875. The lowest BCUT2D eigenvalue weighted by atomic mass is 10.6. The molecule has 0 aliphatic heterocycles. The van der Waals surface area contributed by atoms with Crippen LogP contribution in [0.2, 0.25) is 0 Å². The summed E-state index contributed by atoms with van der Waals surface area (Å²) in [6, 6.07) is 0. The van der Waals surface area contributed by atoms with Gasteiger partial charge in [0.2, 0.25) is 0 Å². The quantitative estimate of drug-likeness (QED) is 0.609. The van der Waals surface area contributed by atoms with E-state index < -0.39 is 5.97 Å². The molecule has 0 saturated heterocycles. The van der Waals surface area contributed by atoms with Crippen LogP contribution in [0, 0.1) is 0 Å². The van der Waals surface area contributed by atoms with Crippen molar-refractivity contribution in [3.63, 3.8) is 0 Å². The van der Waals surface area contributed by atoms with Crippen LogP contribution in [-0.4, -0.2) is 33.1 Å². The maximum absolute atomic E-state index is 9.44. The van der Waals surface area contributed by atoms with Gasteiger partial charge in [0, 0.05) is 28.3 Å². The standard InChI is InChI=1S/C5H12O3.C3H6O/c1-5(6-2,7-3)8-4;1-3(2)4/h1-4H3;1-2H3. The molecule has 0 aromatic rings. The highest BCUT2D eigenvalue weighted by Crippen LogP contribution is 2.08. The van der Waals surface area contributed by atoms with Gasteiger partial charge < -0.3 is 19.0 Å². The van der Waals surface area contributed by atoms with Gasteiger partial charge in [0.15, 0.2) is 0 Å². The highest BCUT2D eigenvalue weighted by molar-refractivity contribution is 5.72. The van der Waals surface area contributed by atoms with Crippen LogP contribution in [0.15, 0.2) is 0 Å². The molecule has 0 atom stereocenters. The fourth-order valence-electron chi connectivity index (χ4n) is 0.250. The molecular weight excluding hydrogens is 160 g/mol. The van der Waals surface area contributed by atoms with Crippen LogP contribution in [0.1, 0.15) is 20.8 Å². The van der Waals surface area contributed by atoms with E-state index in [0.29, 0.717) is 0 Å². The Morgan fingerprint density at radius 3 is 1.17 bits per heavy atom. The summed E-state index contributed by atoms with van der Waals surface area (Å²) in [6.07, 6.45) is 0. The third kappa shape index (κ3) is 9.55. The molecule has 0 aliphatic rings. The minimum absolute atomic E-state index is 0.167. The minimum Gasteiger partial charge on any atom is -0.331 e. The third-order valence-electron chi connectivity index (χ3n) is 1.11. The molecule has 4 nitrogen and oxygen atoms in total. The first kappa shape index (κ1) is 14.1. The van der Waals surface area contributed by atoms with Crippen molar-refractivity contribution in [1.82, 2.24) is 0 Å². The van der Waals surface area contributed by atoms with Crippen LogP contribution < -0.4 is 0 Å². The Kier molecular flexibility index (Phi) is 8.47. The van der Waals surface area contributed by atoms with E-state index >= 15 is 0 Å². The fourth-order valence-corrected chi connectivity index (χ4v) is 0.250. The zero-order valence-corrected chi connectivity index (χ0v) is 8.63. The van der Waals surface area contributed by atoms with Gasteiger partial charge in [0.1, 0.15) is 5.78 Å². The van der Waals surface area contributed by atoms with Crippen LogP contribution in [0.3, 0.4) is 0 Å². The summed E-state index contributed by atoms with van der Waals surface area (Å²) in [5, 5.41) is 0. The smallest absolute Gasteiger partial charge is 0.279 e. The Morgan fingerprint density at radius 2 is 1.17 bits per heavy atom. The Bertz CT molecular complexity index is 106. The SMILES string of the molecule is CC(C)=O.COC(C)(OC)OC. The summed E-state index contributed by atoms with van der Waals surface area (Å²) in [4.78, 5) is 9.44. The summed E-state index contributed by atoms with van der Waals surface area (Å²) < 4.78 is 14.4. The van der Waals surface area contributed by atoms with E-state index in [2.05, 4.69) is 0 Å². The van der Waals surface area contributed by atoms with Crippen molar-refractivity contribution < 1.29 is 19.0 Å². The predicted octanol–water partition coefficient (Wildman–Crippen LogP) is 1.19. The van der Waals surface area contributed by atoms with Crippen molar-refractivity contribution in [3.05, 3.63) is 0 Å². The number of rotatable bonds is 3. The first-order chi connectivity index (χ1) is 5.41. The van der Waals surface area contributed by atoms with E-state index in [-0.39, 0.29) is 5.78 Å². The van der Waals surface area contributed by atoms with Gasteiger partial charge in [-0.2, -0.15) is 0 Å². The number of Topliss-reactive ketones (excluding diaryl/α,β-unsaturated/α-hetero) is 1. The molecular formula is C8H18O4. The molecule has 4 heteroatoms. The first-order valence-corrected chi connectivity index (χ1v) is 3.54. The average Bonchev–Trinajstić information content (AvgIpc) is 2.02. The molecule has 12 heavy (non-hydrogen) atoms. The van der Waals surface area contributed by atoms with E-state index in [9.17, 15) is 4.79 Å². The molecule has 0 fully saturated rings. The number of ketones is 1. The number of carbonyl (C=O) groups excluding carboxylic acids is 1. The van der Waals surface area contributed by atoms with E-state index in [1.807, 2.05) is 0 Å². The molecule has 0 amide bonds. The maximum atomic E-state index is 9.44. The highest BCUT2D eigenvalue weighted by atomic mass is 16.9. The zero-order valence-electron chi connectivity index (χ0n) is 8.63. The van der Waals surface area contributed by atoms with Gasteiger partial charge in [-0.15, -0.1) is 0 Å². The van der Waals surface area contributed by atoms with Crippen LogP contribution in [0.5, 0.6) is 0 Å². The summed E-state index contributed by atoms with van der Waals surface area (Å²) in [5.41, 5.74) is 0. The molecule has 0 N–H and O–H groups in total. The van der Waals surface area contributed by atoms with E-state index in [0.717, 1.165) is 0 Å². The molecule has 0 aliphatic carbocycles. The molecule has 0 heterocycles. The number of carbonyl (C=O) groups is 1. The Hall–Kier alpha value is -0.450. The Morgan fingerprint density at radius 1 is 1.00 bits per heavy atom. The van der Waals surface area contributed by atoms with Crippen molar-refractivity contribution in [2.45, 2.75) is 26.7 Å². The second-order valence-electron chi connectivity index (χ2n) is 2.38. The van der Waals surface area contributed by atoms with Crippen molar-refractivity contribution in [2.24, 2.45) is 0 Å². The predicted molar refractivity (Wildman–Crippen MR) is 45.8 cm³/mol. The van der Waals surface area contributed by atoms with Crippen LogP contribution in [0.25, 0.3) is 0 Å². The fraction of sp³-hybridized carbons (Fsp3) is 0.875. The van der Waals surface area contributed by atoms with Gasteiger partial charge in [0.05, 0.1) is 0 Å². The molecule has 0 aromatic carbocycles. The number of hydrogen-bond acceptors (Lipinski definition) is 4. The normalized spacial score (nSPS) is 10.2. The number of ether oxygens (including phenoxy) is 3.